The van der Waals surface area contributed by atoms with Gasteiger partial charge in [-0.25, -0.2) is 10.4 Å². The number of halogens is 2. The van der Waals surface area contributed by atoms with E-state index in [0.29, 0.717) is 21.5 Å². The molecule has 0 aliphatic carbocycles. The number of rotatable bonds is 3. The number of benzene rings is 1. The van der Waals surface area contributed by atoms with Crippen LogP contribution < -0.4 is 11.0 Å². The number of aromatic amines is 1. The predicted octanol–water partition coefficient (Wildman–Crippen LogP) is 3.89. The number of aromatic nitrogens is 2. The Labute approximate surface area is 146 Å². The van der Waals surface area contributed by atoms with E-state index in [9.17, 15) is 4.79 Å². The van der Waals surface area contributed by atoms with Gasteiger partial charge in [-0.2, -0.15) is 5.10 Å². The third kappa shape index (κ3) is 3.77. The summed E-state index contributed by atoms with van der Waals surface area (Å²) in [6.07, 6.45) is 1.63. The molecule has 3 rings (SSSR count). The number of thioether (sulfide) groups is 1. The lowest BCUT2D eigenvalue weighted by Gasteiger charge is -2.17. The highest BCUT2D eigenvalue weighted by molar-refractivity contribution is 7.99. The summed E-state index contributed by atoms with van der Waals surface area (Å²) >= 11 is 14.1. The van der Waals surface area contributed by atoms with E-state index in [1.54, 1.807) is 24.9 Å². The standard InChI is InChI=1S/C15H12Cl2N4OS/c1-8-4-13(22)20-15(19-8)21-18-6-9-7-23-12-3-2-10(16)5-11(12)14(9)17/h2-6H,7H2,1H3,(H2,19,20,21,22)/b18-6-. The van der Waals surface area contributed by atoms with Gasteiger partial charge in [0.2, 0.25) is 5.95 Å². The Morgan fingerprint density at radius 3 is 3.00 bits per heavy atom. The van der Waals surface area contributed by atoms with Crippen molar-refractivity contribution in [3.8, 4) is 0 Å². The fraction of sp³-hybridized carbons (Fsp3) is 0.133. The van der Waals surface area contributed by atoms with Crippen molar-refractivity contribution in [1.82, 2.24) is 9.97 Å². The molecule has 1 aliphatic rings. The maximum absolute atomic E-state index is 11.4. The lowest BCUT2D eigenvalue weighted by Crippen LogP contribution is -2.10. The van der Waals surface area contributed by atoms with Crippen LogP contribution in [-0.4, -0.2) is 21.9 Å². The minimum Gasteiger partial charge on any atom is -0.291 e. The Kier molecular flexibility index (Phi) is 4.75. The Morgan fingerprint density at radius 2 is 2.22 bits per heavy atom. The van der Waals surface area contributed by atoms with Crippen molar-refractivity contribution < 1.29 is 0 Å². The summed E-state index contributed by atoms with van der Waals surface area (Å²) < 4.78 is 0. The first-order valence-electron chi connectivity index (χ1n) is 6.71. The second-order valence-corrected chi connectivity index (χ2v) is 6.71. The first-order chi connectivity index (χ1) is 11.0. The van der Waals surface area contributed by atoms with Crippen LogP contribution in [0.5, 0.6) is 0 Å². The summed E-state index contributed by atoms with van der Waals surface area (Å²) in [5.41, 5.74) is 4.85. The van der Waals surface area contributed by atoms with Gasteiger partial charge < -0.3 is 0 Å². The number of anilines is 1. The van der Waals surface area contributed by atoms with Crippen LogP contribution in [0.4, 0.5) is 5.95 Å². The number of H-pyrrole nitrogens is 1. The molecule has 118 valence electrons. The van der Waals surface area contributed by atoms with E-state index in [-0.39, 0.29) is 11.5 Å². The molecule has 1 aromatic heterocycles. The van der Waals surface area contributed by atoms with E-state index in [0.717, 1.165) is 16.0 Å². The summed E-state index contributed by atoms with van der Waals surface area (Å²) in [7, 11) is 0. The van der Waals surface area contributed by atoms with Crippen molar-refractivity contribution in [2.75, 3.05) is 11.2 Å². The molecule has 0 bridgehead atoms. The molecule has 0 atom stereocenters. The molecule has 5 nitrogen and oxygen atoms in total. The molecule has 0 spiro atoms. The number of fused-ring (bicyclic) bond motifs is 1. The van der Waals surface area contributed by atoms with Gasteiger partial charge >= 0.3 is 0 Å². The first-order valence-corrected chi connectivity index (χ1v) is 8.45. The molecule has 8 heteroatoms. The lowest BCUT2D eigenvalue weighted by atomic mass is 10.1. The van der Waals surface area contributed by atoms with Crippen LogP contribution in [0.15, 0.2) is 44.6 Å². The number of hydrogen-bond donors (Lipinski definition) is 2. The van der Waals surface area contributed by atoms with Crippen LogP contribution in [0.25, 0.3) is 5.03 Å². The van der Waals surface area contributed by atoms with Gasteiger partial charge in [0, 0.05) is 38.6 Å². The van der Waals surface area contributed by atoms with Crippen molar-refractivity contribution in [2.24, 2.45) is 5.10 Å². The number of hydrazone groups is 1. The second kappa shape index (κ2) is 6.78. The molecular formula is C15H12Cl2N4OS. The normalized spacial score (nSPS) is 14.2. The third-order valence-electron chi connectivity index (χ3n) is 3.10. The van der Waals surface area contributed by atoms with Crippen LogP contribution in [0.1, 0.15) is 11.3 Å². The van der Waals surface area contributed by atoms with Gasteiger partial charge in [-0.1, -0.05) is 23.2 Å². The molecule has 23 heavy (non-hydrogen) atoms. The summed E-state index contributed by atoms with van der Waals surface area (Å²) in [5, 5.41) is 5.36. The van der Waals surface area contributed by atoms with E-state index < -0.39 is 0 Å². The Morgan fingerprint density at radius 1 is 1.39 bits per heavy atom. The van der Waals surface area contributed by atoms with Gasteiger partial charge in [0.25, 0.3) is 5.56 Å². The van der Waals surface area contributed by atoms with Crippen LogP contribution in [0.2, 0.25) is 5.02 Å². The predicted molar refractivity (Wildman–Crippen MR) is 96.7 cm³/mol. The van der Waals surface area contributed by atoms with Gasteiger partial charge in [-0.05, 0) is 25.1 Å². The molecule has 0 unspecified atom stereocenters. The fourth-order valence-corrected chi connectivity index (χ4v) is 3.68. The number of nitrogens with one attached hydrogen (secondary N) is 2. The summed E-state index contributed by atoms with van der Waals surface area (Å²) in [6.45, 7) is 1.74. The smallest absolute Gasteiger partial charge is 0.252 e. The highest BCUT2D eigenvalue weighted by atomic mass is 35.5. The average Bonchev–Trinajstić information content (AvgIpc) is 2.49. The zero-order valence-corrected chi connectivity index (χ0v) is 14.4. The average molecular weight is 367 g/mol. The topological polar surface area (TPSA) is 70.1 Å². The van der Waals surface area contributed by atoms with Crippen molar-refractivity contribution in [2.45, 2.75) is 11.8 Å². The molecule has 0 saturated carbocycles. The minimum absolute atomic E-state index is 0.232. The fourth-order valence-electron chi connectivity index (χ4n) is 2.09. The largest absolute Gasteiger partial charge is 0.291 e. The molecule has 0 amide bonds. The summed E-state index contributed by atoms with van der Waals surface area (Å²) in [5.74, 6) is 0.992. The highest BCUT2D eigenvalue weighted by Gasteiger charge is 2.17. The van der Waals surface area contributed by atoms with E-state index >= 15 is 0 Å². The zero-order chi connectivity index (χ0) is 16.4. The number of aryl methyl sites for hydroxylation is 1. The first kappa shape index (κ1) is 16.1. The van der Waals surface area contributed by atoms with Crippen LogP contribution in [-0.2, 0) is 0 Å². The van der Waals surface area contributed by atoms with Crippen LogP contribution in [0, 0.1) is 6.92 Å². The van der Waals surface area contributed by atoms with Gasteiger partial charge in [-0.15, -0.1) is 11.8 Å². The number of hydrogen-bond acceptors (Lipinski definition) is 5. The molecule has 1 aliphatic heterocycles. The van der Waals surface area contributed by atoms with Gasteiger partial charge in [0.15, 0.2) is 0 Å². The zero-order valence-electron chi connectivity index (χ0n) is 12.1. The SMILES string of the molecule is Cc1cc(=O)[nH]c(N/N=C\C2=C(Cl)c3cc(Cl)ccc3SC2)n1. The van der Waals surface area contributed by atoms with Crippen LogP contribution in [0.3, 0.4) is 0 Å². The third-order valence-corrected chi connectivity index (χ3v) is 4.91. The van der Waals surface area contributed by atoms with E-state index in [4.69, 9.17) is 23.2 Å². The highest BCUT2D eigenvalue weighted by Crippen LogP contribution is 2.39. The maximum Gasteiger partial charge on any atom is 0.252 e. The van der Waals surface area contributed by atoms with Crippen molar-refractivity contribution in [3.05, 3.63) is 56.5 Å². The van der Waals surface area contributed by atoms with Gasteiger partial charge in [-0.3, -0.25) is 9.78 Å². The monoisotopic (exact) mass is 366 g/mol. The second-order valence-electron chi connectivity index (χ2n) is 4.87. The van der Waals surface area contributed by atoms with Crippen molar-refractivity contribution >= 4 is 52.2 Å². The molecule has 2 heterocycles. The Balaban J connectivity index is 1.82. The summed E-state index contributed by atoms with van der Waals surface area (Å²) in [4.78, 5) is 19.1. The molecule has 2 aromatic rings. The van der Waals surface area contributed by atoms with Crippen molar-refractivity contribution in [1.29, 1.82) is 0 Å². The molecule has 1 aromatic carbocycles. The van der Waals surface area contributed by atoms with E-state index in [1.165, 1.54) is 6.07 Å². The van der Waals surface area contributed by atoms with Gasteiger partial charge in [0.05, 0.1) is 11.2 Å². The Bertz CT molecular complexity index is 876. The quantitative estimate of drug-likeness (QED) is 0.638. The maximum atomic E-state index is 11.4. The van der Waals surface area contributed by atoms with Gasteiger partial charge in [0.1, 0.15) is 0 Å². The number of nitrogens with zero attached hydrogens (tertiary/aromatic N) is 2. The van der Waals surface area contributed by atoms with E-state index in [2.05, 4.69) is 20.5 Å². The molecular weight excluding hydrogens is 355 g/mol. The minimum atomic E-state index is -0.232. The molecule has 0 saturated heterocycles. The molecule has 0 radical (unpaired) electrons. The van der Waals surface area contributed by atoms with E-state index in [1.807, 2.05) is 18.2 Å². The molecule has 2 N–H and O–H groups in total. The van der Waals surface area contributed by atoms with Crippen LogP contribution >= 0.6 is 35.0 Å². The summed E-state index contributed by atoms with van der Waals surface area (Å²) in [6, 6.07) is 7.05. The Hall–Kier alpha value is -1.76. The molecule has 0 fully saturated rings. The lowest BCUT2D eigenvalue weighted by molar-refractivity contribution is 1.04. The van der Waals surface area contributed by atoms with Crippen molar-refractivity contribution in [3.63, 3.8) is 0 Å².